The van der Waals surface area contributed by atoms with Crippen molar-refractivity contribution in [2.24, 2.45) is 0 Å². The molecule has 7 nitrogen and oxygen atoms in total. The third-order valence-electron chi connectivity index (χ3n) is 3.48. The number of carbonyl (C=O) groups is 2. The molecule has 0 saturated carbocycles. The van der Waals surface area contributed by atoms with Gasteiger partial charge in [-0.3, -0.25) is 9.59 Å². The van der Waals surface area contributed by atoms with Crippen LogP contribution in [0.15, 0.2) is 42.5 Å². The lowest BCUT2D eigenvalue weighted by atomic mass is 10.1. The monoisotopic (exact) mass is 338 g/mol. The number of esters is 1. The molecule has 0 aromatic heterocycles. The van der Waals surface area contributed by atoms with Crippen LogP contribution in [0.2, 0.25) is 0 Å². The van der Waals surface area contributed by atoms with Crippen LogP contribution in [0.4, 0.5) is 0 Å². The number of nitrogens with one attached hydrogen (secondary N) is 1. The summed E-state index contributed by atoms with van der Waals surface area (Å²) in [5, 5.41) is 11.3. The third-order valence-corrected chi connectivity index (χ3v) is 3.48. The minimum atomic E-state index is -0.573. The maximum atomic E-state index is 12.1. The fraction of sp³-hybridized carbons (Fsp3) is 0.167. The van der Waals surface area contributed by atoms with Crippen LogP contribution in [0.3, 0.4) is 0 Å². The van der Waals surface area contributed by atoms with E-state index in [2.05, 4.69) is 5.32 Å². The highest BCUT2D eigenvalue weighted by Crippen LogP contribution is 2.32. The molecule has 1 aliphatic heterocycles. The van der Waals surface area contributed by atoms with Crippen LogP contribution in [0.5, 0.6) is 11.5 Å². The van der Waals surface area contributed by atoms with E-state index in [4.69, 9.17) is 19.5 Å². The van der Waals surface area contributed by atoms with Gasteiger partial charge in [0.15, 0.2) is 11.5 Å². The smallest absolute Gasteiger partial charge is 0.325 e. The Labute approximate surface area is 143 Å². The van der Waals surface area contributed by atoms with Gasteiger partial charge in [0.05, 0.1) is 11.6 Å². The Morgan fingerprint density at radius 1 is 1.16 bits per heavy atom. The average molecular weight is 338 g/mol. The van der Waals surface area contributed by atoms with Crippen LogP contribution >= 0.6 is 0 Å². The summed E-state index contributed by atoms with van der Waals surface area (Å²) in [5.41, 5.74) is 1.55. The number of hydrogen-bond acceptors (Lipinski definition) is 6. The van der Waals surface area contributed by atoms with Crippen LogP contribution in [0.1, 0.15) is 21.5 Å². The number of nitrogens with zero attached hydrogens (tertiary/aromatic N) is 1. The molecule has 126 valence electrons. The SMILES string of the molecule is N#Cc1cccc(COC(=O)CNC(=O)c2ccc3c(c2)OCO3)c1. The van der Waals surface area contributed by atoms with Crippen molar-refractivity contribution in [3.63, 3.8) is 0 Å². The van der Waals surface area contributed by atoms with Gasteiger partial charge >= 0.3 is 5.97 Å². The van der Waals surface area contributed by atoms with Gasteiger partial charge in [0.2, 0.25) is 6.79 Å². The van der Waals surface area contributed by atoms with Crippen LogP contribution in [-0.4, -0.2) is 25.2 Å². The first kappa shape index (κ1) is 16.3. The highest BCUT2D eigenvalue weighted by Gasteiger charge is 2.16. The molecule has 2 aromatic rings. The van der Waals surface area contributed by atoms with Gasteiger partial charge in [0.1, 0.15) is 13.2 Å². The maximum absolute atomic E-state index is 12.1. The van der Waals surface area contributed by atoms with E-state index in [0.29, 0.717) is 28.2 Å². The first-order chi connectivity index (χ1) is 12.2. The molecule has 0 spiro atoms. The quantitative estimate of drug-likeness (QED) is 0.834. The zero-order valence-corrected chi connectivity index (χ0v) is 13.2. The Morgan fingerprint density at radius 2 is 2.00 bits per heavy atom. The highest BCUT2D eigenvalue weighted by atomic mass is 16.7. The highest BCUT2D eigenvalue weighted by molar-refractivity contribution is 5.96. The standard InChI is InChI=1S/C18H14N2O5/c19-8-12-2-1-3-13(6-12)10-23-17(21)9-20-18(22)14-4-5-15-16(7-14)25-11-24-15/h1-7H,9-11H2,(H,20,22). The summed E-state index contributed by atoms with van der Waals surface area (Å²) in [6.07, 6.45) is 0. The normalized spacial score (nSPS) is 11.5. The third kappa shape index (κ3) is 4.06. The molecule has 0 unspecified atom stereocenters. The molecule has 0 fully saturated rings. The van der Waals surface area contributed by atoms with Crippen molar-refractivity contribution in [2.45, 2.75) is 6.61 Å². The molecule has 1 heterocycles. The Kier molecular flexibility index (Phi) is 4.81. The predicted molar refractivity (Wildman–Crippen MR) is 85.9 cm³/mol. The largest absolute Gasteiger partial charge is 0.460 e. The van der Waals surface area contributed by atoms with Gasteiger partial charge < -0.3 is 19.5 Å². The van der Waals surface area contributed by atoms with Gasteiger partial charge in [-0.05, 0) is 35.9 Å². The summed E-state index contributed by atoms with van der Waals surface area (Å²) in [4.78, 5) is 23.8. The Morgan fingerprint density at radius 3 is 2.84 bits per heavy atom. The van der Waals surface area contributed by atoms with Crippen molar-refractivity contribution >= 4 is 11.9 Å². The van der Waals surface area contributed by atoms with Crippen LogP contribution in [0.25, 0.3) is 0 Å². The van der Waals surface area contributed by atoms with Gasteiger partial charge in [0.25, 0.3) is 5.91 Å². The van der Waals surface area contributed by atoms with E-state index in [1.807, 2.05) is 6.07 Å². The average Bonchev–Trinajstić information content (AvgIpc) is 3.12. The van der Waals surface area contributed by atoms with Crippen molar-refractivity contribution in [1.29, 1.82) is 5.26 Å². The van der Waals surface area contributed by atoms with Crippen molar-refractivity contribution in [3.8, 4) is 17.6 Å². The fourth-order valence-electron chi connectivity index (χ4n) is 2.24. The predicted octanol–water partition coefficient (Wildman–Crippen LogP) is 1.76. The van der Waals surface area contributed by atoms with Gasteiger partial charge in [0, 0.05) is 5.56 Å². The molecular formula is C18H14N2O5. The minimum Gasteiger partial charge on any atom is -0.460 e. The Hall–Kier alpha value is -3.53. The summed E-state index contributed by atoms with van der Waals surface area (Å²) in [6.45, 7) is -0.0980. The van der Waals surface area contributed by atoms with E-state index in [-0.39, 0.29) is 19.9 Å². The summed E-state index contributed by atoms with van der Waals surface area (Å²) in [6, 6.07) is 13.5. The summed E-state index contributed by atoms with van der Waals surface area (Å²) in [7, 11) is 0. The van der Waals surface area contributed by atoms with Gasteiger partial charge in [-0.15, -0.1) is 0 Å². The lowest BCUT2D eigenvalue weighted by Crippen LogP contribution is -2.30. The Balaban J connectivity index is 1.48. The number of amides is 1. The molecule has 7 heteroatoms. The van der Waals surface area contributed by atoms with Crippen LogP contribution in [0, 0.1) is 11.3 Å². The number of benzene rings is 2. The van der Waals surface area contributed by atoms with E-state index in [0.717, 1.165) is 0 Å². The first-order valence-electron chi connectivity index (χ1n) is 7.48. The van der Waals surface area contributed by atoms with Crippen LogP contribution in [-0.2, 0) is 16.1 Å². The molecule has 25 heavy (non-hydrogen) atoms. The number of hydrogen-bond donors (Lipinski definition) is 1. The van der Waals surface area contributed by atoms with Crippen molar-refractivity contribution in [3.05, 3.63) is 59.2 Å². The molecule has 1 aliphatic rings. The molecule has 0 saturated heterocycles. The zero-order valence-electron chi connectivity index (χ0n) is 13.2. The maximum Gasteiger partial charge on any atom is 0.325 e. The van der Waals surface area contributed by atoms with Crippen molar-refractivity contribution in [1.82, 2.24) is 5.32 Å². The van der Waals surface area contributed by atoms with Gasteiger partial charge in [-0.1, -0.05) is 12.1 Å². The van der Waals surface area contributed by atoms with Gasteiger partial charge in [-0.25, -0.2) is 0 Å². The van der Waals surface area contributed by atoms with E-state index in [9.17, 15) is 9.59 Å². The lowest BCUT2D eigenvalue weighted by molar-refractivity contribution is -0.143. The van der Waals surface area contributed by atoms with Crippen molar-refractivity contribution in [2.75, 3.05) is 13.3 Å². The van der Waals surface area contributed by atoms with E-state index in [1.165, 1.54) is 0 Å². The zero-order chi connectivity index (χ0) is 17.6. The Bertz CT molecular complexity index is 857. The van der Waals surface area contributed by atoms with Gasteiger partial charge in [-0.2, -0.15) is 5.26 Å². The topological polar surface area (TPSA) is 97.7 Å². The van der Waals surface area contributed by atoms with E-state index < -0.39 is 11.9 Å². The number of carbonyl (C=O) groups excluding carboxylic acids is 2. The molecule has 1 amide bonds. The second-order valence-corrected chi connectivity index (χ2v) is 5.22. The summed E-state index contributed by atoms with van der Waals surface area (Å²) in [5.74, 6) is 0.0846. The first-order valence-corrected chi connectivity index (χ1v) is 7.48. The minimum absolute atomic E-state index is 0.0360. The molecule has 1 N–H and O–H groups in total. The molecule has 2 aromatic carbocycles. The number of ether oxygens (including phenoxy) is 3. The molecule has 0 aliphatic carbocycles. The number of fused-ring (bicyclic) bond motifs is 1. The number of nitriles is 1. The second-order valence-electron chi connectivity index (χ2n) is 5.22. The van der Waals surface area contributed by atoms with Crippen molar-refractivity contribution < 1.29 is 23.8 Å². The van der Waals surface area contributed by atoms with E-state index in [1.54, 1.807) is 42.5 Å². The summed E-state index contributed by atoms with van der Waals surface area (Å²) >= 11 is 0. The lowest BCUT2D eigenvalue weighted by Gasteiger charge is -2.07. The molecule has 3 rings (SSSR count). The number of rotatable bonds is 5. The molecule has 0 atom stereocenters. The van der Waals surface area contributed by atoms with Crippen LogP contribution < -0.4 is 14.8 Å². The molecular weight excluding hydrogens is 324 g/mol. The second kappa shape index (κ2) is 7.36. The fourth-order valence-corrected chi connectivity index (χ4v) is 2.24. The summed E-state index contributed by atoms with van der Waals surface area (Å²) < 4.78 is 15.5. The molecule has 0 bridgehead atoms. The van der Waals surface area contributed by atoms with E-state index >= 15 is 0 Å². The molecule has 0 radical (unpaired) electrons.